The number of benzene rings is 1. The molecule has 112 valence electrons. The highest BCUT2D eigenvalue weighted by Gasteiger charge is 2.22. The van der Waals surface area contributed by atoms with Gasteiger partial charge in [0.15, 0.2) is 11.6 Å². The topological polar surface area (TPSA) is 89.3 Å². The van der Waals surface area contributed by atoms with E-state index in [2.05, 4.69) is 5.32 Å². The average Bonchev–Trinajstić information content (AvgIpc) is 2.27. The van der Waals surface area contributed by atoms with Crippen molar-refractivity contribution in [2.75, 3.05) is 6.54 Å². The van der Waals surface area contributed by atoms with Gasteiger partial charge < -0.3 is 5.32 Å². The maximum absolute atomic E-state index is 13.6. The molecule has 0 spiro atoms. The molecule has 5 nitrogen and oxygen atoms in total. The third-order valence-corrected chi connectivity index (χ3v) is 3.25. The number of amides is 1. The van der Waals surface area contributed by atoms with Crippen LogP contribution in [0.4, 0.5) is 8.78 Å². The van der Waals surface area contributed by atoms with Gasteiger partial charge in [-0.15, -0.1) is 0 Å². The zero-order valence-corrected chi connectivity index (χ0v) is 12.1. The maximum Gasteiger partial charge on any atom is 0.254 e. The van der Waals surface area contributed by atoms with E-state index in [1.807, 2.05) is 20.8 Å². The standard InChI is InChI=1S/C12H16F2N2O3S/c1-12(2,3)6-16-11(17)8-4-7(20(15,18)19)5-9(13)10(8)14/h4-5H,6H2,1-3H3,(H,16,17)(H2,15,18,19). The van der Waals surface area contributed by atoms with Crippen LogP contribution in [0, 0.1) is 17.0 Å². The van der Waals surface area contributed by atoms with Crippen molar-refractivity contribution in [1.29, 1.82) is 0 Å². The van der Waals surface area contributed by atoms with Crippen molar-refractivity contribution >= 4 is 15.9 Å². The van der Waals surface area contributed by atoms with Gasteiger partial charge in [0.1, 0.15) is 0 Å². The van der Waals surface area contributed by atoms with E-state index in [4.69, 9.17) is 5.14 Å². The molecular formula is C12H16F2N2O3S. The lowest BCUT2D eigenvalue weighted by molar-refractivity contribution is 0.0934. The molecule has 0 saturated heterocycles. The van der Waals surface area contributed by atoms with Crippen molar-refractivity contribution in [3.8, 4) is 0 Å². The number of rotatable bonds is 3. The minimum Gasteiger partial charge on any atom is -0.351 e. The van der Waals surface area contributed by atoms with E-state index < -0.39 is 38.0 Å². The first kappa shape index (κ1) is 16.5. The fourth-order valence-corrected chi connectivity index (χ4v) is 1.88. The van der Waals surface area contributed by atoms with Crippen molar-refractivity contribution in [1.82, 2.24) is 5.32 Å². The number of nitrogens with one attached hydrogen (secondary N) is 1. The van der Waals surface area contributed by atoms with Crippen molar-refractivity contribution in [3.63, 3.8) is 0 Å². The molecule has 0 heterocycles. The van der Waals surface area contributed by atoms with Gasteiger partial charge in [0.25, 0.3) is 5.91 Å². The summed E-state index contributed by atoms with van der Waals surface area (Å²) in [5.74, 6) is -3.76. The van der Waals surface area contributed by atoms with Gasteiger partial charge in [-0.25, -0.2) is 22.3 Å². The number of hydrogen-bond donors (Lipinski definition) is 2. The normalized spacial score (nSPS) is 12.3. The summed E-state index contributed by atoms with van der Waals surface area (Å²) >= 11 is 0. The molecule has 0 bridgehead atoms. The second-order valence-corrected chi connectivity index (χ2v) is 7.12. The monoisotopic (exact) mass is 306 g/mol. The van der Waals surface area contributed by atoms with Crippen LogP contribution in [-0.2, 0) is 10.0 Å². The smallest absolute Gasteiger partial charge is 0.254 e. The van der Waals surface area contributed by atoms with Gasteiger partial charge >= 0.3 is 0 Å². The number of primary sulfonamides is 1. The van der Waals surface area contributed by atoms with Gasteiger partial charge in [-0.2, -0.15) is 0 Å². The van der Waals surface area contributed by atoms with E-state index in [0.29, 0.717) is 12.1 Å². The second-order valence-electron chi connectivity index (χ2n) is 5.55. The Balaban J connectivity index is 3.18. The molecule has 1 aromatic carbocycles. The molecule has 1 rings (SSSR count). The van der Waals surface area contributed by atoms with E-state index in [1.165, 1.54) is 0 Å². The van der Waals surface area contributed by atoms with Crippen molar-refractivity contribution < 1.29 is 22.0 Å². The lowest BCUT2D eigenvalue weighted by atomic mass is 9.97. The Labute approximate surface area is 116 Å². The Bertz CT molecular complexity index is 637. The van der Waals surface area contributed by atoms with Gasteiger partial charge in [0, 0.05) is 6.54 Å². The van der Waals surface area contributed by atoms with Gasteiger partial charge in [-0.05, 0) is 17.5 Å². The number of hydrogen-bond acceptors (Lipinski definition) is 3. The molecular weight excluding hydrogens is 290 g/mol. The van der Waals surface area contributed by atoms with E-state index >= 15 is 0 Å². The summed E-state index contributed by atoms with van der Waals surface area (Å²) in [5.41, 5.74) is -0.958. The predicted octanol–water partition coefficient (Wildman–Crippen LogP) is 1.39. The lowest BCUT2D eigenvalue weighted by Crippen LogP contribution is -2.33. The lowest BCUT2D eigenvalue weighted by Gasteiger charge is -2.19. The van der Waals surface area contributed by atoms with Crippen LogP contribution in [0.25, 0.3) is 0 Å². The van der Waals surface area contributed by atoms with Gasteiger partial charge in [-0.1, -0.05) is 20.8 Å². The SMILES string of the molecule is CC(C)(C)CNC(=O)c1cc(S(N)(=O)=O)cc(F)c1F. The first-order valence-electron chi connectivity index (χ1n) is 5.72. The quantitative estimate of drug-likeness (QED) is 0.884. The zero-order valence-electron chi connectivity index (χ0n) is 11.3. The minimum atomic E-state index is -4.23. The molecule has 0 aliphatic heterocycles. The highest BCUT2D eigenvalue weighted by molar-refractivity contribution is 7.89. The van der Waals surface area contributed by atoms with Gasteiger partial charge in [0.05, 0.1) is 10.5 Å². The van der Waals surface area contributed by atoms with E-state index in [0.717, 1.165) is 0 Å². The largest absolute Gasteiger partial charge is 0.351 e. The molecule has 20 heavy (non-hydrogen) atoms. The summed E-state index contributed by atoms with van der Waals surface area (Å²) in [4.78, 5) is 11.1. The number of halogens is 2. The molecule has 0 aliphatic carbocycles. The summed E-state index contributed by atoms with van der Waals surface area (Å²) in [7, 11) is -4.23. The molecule has 3 N–H and O–H groups in total. The molecule has 0 radical (unpaired) electrons. The van der Waals surface area contributed by atoms with Crippen LogP contribution in [0.3, 0.4) is 0 Å². The molecule has 1 amide bonds. The molecule has 0 aromatic heterocycles. The van der Waals surface area contributed by atoms with E-state index in [9.17, 15) is 22.0 Å². The first-order valence-corrected chi connectivity index (χ1v) is 7.26. The Kier molecular flexibility index (Phi) is 4.50. The molecule has 0 aliphatic rings. The molecule has 0 saturated carbocycles. The second kappa shape index (κ2) is 5.45. The third-order valence-electron chi connectivity index (χ3n) is 2.35. The molecule has 8 heteroatoms. The Morgan fingerprint density at radius 3 is 2.30 bits per heavy atom. The summed E-state index contributed by atoms with van der Waals surface area (Å²) in [5, 5.41) is 7.24. The third kappa shape index (κ3) is 4.24. The van der Waals surface area contributed by atoms with Gasteiger partial charge in [-0.3, -0.25) is 4.79 Å². The maximum atomic E-state index is 13.6. The summed E-state index contributed by atoms with van der Waals surface area (Å²) in [6, 6.07) is 1.15. The molecule has 0 fully saturated rings. The molecule has 0 unspecified atom stereocenters. The van der Waals surface area contributed by atoms with Crippen LogP contribution in [0.2, 0.25) is 0 Å². The predicted molar refractivity (Wildman–Crippen MR) is 69.5 cm³/mol. The first-order chi connectivity index (χ1) is 8.92. The number of carbonyl (C=O) groups is 1. The Morgan fingerprint density at radius 2 is 1.85 bits per heavy atom. The summed E-state index contributed by atoms with van der Waals surface area (Å²) in [6.45, 7) is 5.73. The fraction of sp³-hybridized carbons (Fsp3) is 0.417. The van der Waals surface area contributed by atoms with Crippen molar-refractivity contribution in [3.05, 3.63) is 29.3 Å². The molecule has 0 atom stereocenters. The van der Waals surface area contributed by atoms with Crippen LogP contribution in [0.5, 0.6) is 0 Å². The van der Waals surface area contributed by atoms with Crippen LogP contribution >= 0.6 is 0 Å². The minimum absolute atomic E-state index is 0.215. The molecule has 1 aromatic rings. The van der Waals surface area contributed by atoms with Crippen LogP contribution in [0.15, 0.2) is 17.0 Å². The van der Waals surface area contributed by atoms with E-state index in [1.54, 1.807) is 0 Å². The highest BCUT2D eigenvalue weighted by Crippen LogP contribution is 2.18. The van der Waals surface area contributed by atoms with Crippen LogP contribution in [0.1, 0.15) is 31.1 Å². The number of carbonyl (C=O) groups excluding carboxylic acids is 1. The summed E-state index contributed by atoms with van der Waals surface area (Å²) in [6.07, 6.45) is 0. The number of sulfonamides is 1. The Morgan fingerprint density at radius 1 is 1.30 bits per heavy atom. The number of nitrogens with two attached hydrogens (primary N) is 1. The average molecular weight is 306 g/mol. The zero-order chi connectivity index (χ0) is 15.7. The highest BCUT2D eigenvalue weighted by atomic mass is 32.2. The fourth-order valence-electron chi connectivity index (χ4n) is 1.33. The van der Waals surface area contributed by atoms with Crippen LogP contribution < -0.4 is 10.5 Å². The van der Waals surface area contributed by atoms with Crippen molar-refractivity contribution in [2.45, 2.75) is 25.7 Å². The van der Waals surface area contributed by atoms with E-state index in [-0.39, 0.29) is 12.0 Å². The van der Waals surface area contributed by atoms with Crippen LogP contribution in [-0.4, -0.2) is 20.9 Å². The Hall–Kier alpha value is -1.54. The summed E-state index contributed by atoms with van der Waals surface area (Å²) < 4.78 is 49.2. The van der Waals surface area contributed by atoms with Gasteiger partial charge in [0.2, 0.25) is 10.0 Å². The van der Waals surface area contributed by atoms with Crippen molar-refractivity contribution in [2.24, 2.45) is 10.6 Å².